The summed E-state index contributed by atoms with van der Waals surface area (Å²) in [6.45, 7) is 3.25. The van der Waals surface area contributed by atoms with Crippen LogP contribution in [0.2, 0.25) is 0 Å². The molecule has 0 bridgehead atoms. The summed E-state index contributed by atoms with van der Waals surface area (Å²) < 4.78 is 14.2. The highest BCUT2D eigenvalue weighted by atomic mass is 19.1. The number of likely N-dealkylation sites (tertiary alicyclic amines) is 1. The molecule has 1 aliphatic heterocycles. The molecule has 1 aliphatic rings. The minimum absolute atomic E-state index is 0.0391. The largest absolute Gasteiger partial charge is 0.342 e. The number of nitrogens with zero attached hydrogens (tertiary/aromatic N) is 4. The SMILES string of the molecule is CCC(=O)N1CCCC(c2nc(Nc3ccccc3F)cc(-c3ccncc3)n2)C1. The minimum Gasteiger partial charge on any atom is -0.342 e. The fraction of sp³-hybridized carbons (Fsp3) is 0.304. The van der Waals surface area contributed by atoms with E-state index < -0.39 is 0 Å². The number of rotatable bonds is 5. The summed E-state index contributed by atoms with van der Waals surface area (Å²) in [6, 6.07) is 12.1. The predicted molar refractivity (Wildman–Crippen MR) is 114 cm³/mol. The van der Waals surface area contributed by atoms with E-state index in [1.165, 1.54) is 6.07 Å². The van der Waals surface area contributed by atoms with Gasteiger partial charge in [-0.3, -0.25) is 9.78 Å². The summed E-state index contributed by atoms with van der Waals surface area (Å²) in [6.07, 6.45) is 5.74. The molecule has 1 atom stereocenters. The number of benzene rings is 1. The second-order valence-corrected chi connectivity index (χ2v) is 7.37. The van der Waals surface area contributed by atoms with Crippen LogP contribution < -0.4 is 5.32 Å². The van der Waals surface area contributed by atoms with Gasteiger partial charge >= 0.3 is 0 Å². The van der Waals surface area contributed by atoms with Crippen LogP contribution in [0.3, 0.4) is 0 Å². The Morgan fingerprint density at radius 2 is 2.00 bits per heavy atom. The van der Waals surface area contributed by atoms with Crippen LogP contribution in [-0.4, -0.2) is 38.8 Å². The number of hydrogen-bond donors (Lipinski definition) is 1. The molecule has 1 saturated heterocycles. The Bertz CT molecular complexity index is 1030. The summed E-state index contributed by atoms with van der Waals surface area (Å²) in [5.41, 5.74) is 2.00. The van der Waals surface area contributed by atoms with Crippen LogP contribution in [-0.2, 0) is 4.79 Å². The molecule has 6 nitrogen and oxygen atoms in total. The van der Waals surface area contributed by atoms with Gasteiger partial charge in [0.1, 0.15) is 17.5 Å². The number of nitrogens with one attached hydrogen (secondary N) is 1. The number of pyridine rings is 1. The van der Waals surface area contributed by atoms with Crippen molar-refractivity contribution in [2.75, 3.05) is 18.4 Å². The van der Waals surface area contributed by atoms with Gasteiger partial charge in [0.05, 0.1) is 11.4 Å². The molecular formula is C23H24FN5O. The average molecular weight is 405 g/mol. The minimum atomic E-state index is -0.347. The van der Waals surface area contributed by atoms with Crippen molar-refractivity contribution in [1.82, 2.24) is 19.9 Å². The topological polar surface area (TPSA) is 71.0 Å². The molecule has 7 heteroatoms. The predicted octanol–water partition coefficient (Wildman–Crippen LogP) is 4.54. The first-order valence-electron chi connectivity index (χ1n) is 10.2. The number of halogens is 1. The van der Waals surface area contributed by atoms with E-state index in [2.05, 4.69) is 10.3 Å². The molecular weight excluding hydrogens is 381 g/mol. The van der Waals surface area contributed by atoms with Crippen molar-refractivity contribution in [3.63, 3.8) is 0 Å². The zero-order valence-electron chi connectivity index (χ0n) is 16.9. The molecule has 3 heterocycles. The number of anilines is 2. The van der Waals surface area contributed by atoms with Gasteiger partial charge in [-0.15, -0.1) is 0 Å². The van der Waals surface area contributed by atoms with Gasteiger partial charge in [0.25, 0.3) is 0 Å². The molecule has 0 saturated carbocycles. The maximum Gasteiger partial charge on any atom is 0.222 e. The Hall–Kier alpha value is -3.35. The summed E-state index contributed by atoms with van der Waals surface area (Å²) in [4.78, 5) is 27.7. The molecule has 1 fully saturated rings. The van der Waals surface area contributed by atoms with Crippen molar-refractivity contribution in [1.29, 1.82) is 0 Å². The lowest BCUT2D eigenvalue weighted by Crippen LogP contribution is -2.39. The second-order valence-electron chi connectivity index (χ2n) is 7.37. The maximum absolute atomic E-state index is 14.2. The van der Waals surface area contributed by atoms with E-state index in [0.29, 0.717) is 30.3 Å². The Labute approximate surface area is 175 Å². The van der Waals surface area contributed by atoms with Crippen LogP contribution in [0, 0.1) is 5.82 Å². The van der Waals surface area contributed by atoms with Crippen molar-refractivity contribution in [3.05, 3.63) is 66.5 Å². The van der Waals surface area contributed by atoms with Gasteiger partial charge in [0, 0.05) is 49.5 Å². The smallest absolute Gasteiger partial charge is 0.222 e. The molecule has 1 unspecified atom stereocenters. The van der Waals surface area contributed by atoms with Crippen molar-refractivity contribution >= 4 is 17.4 Å². The fourth-order valence-corrected chi connectivity index (χ4v) is 3.72. The zero-order chi connectivity index (χ0) is 20.9. The van der Waals surface area contributed by atoms with Gasteiger partial charge in [-0.2, -0.15) is 0 Å². The van der Waals surface area contributed by atoms with Crippen LogP contribution in [0.1, 0.15) is 37.9 Å². The standard InChI is InChI=1S/C23H24FN5O/c1-2-22(30)29-13-5-6-17(15-29)23-27-20(16-9-11-25-12-10-16)14-21(28-23)26-19-8-4-3-7-18(19)24/h3-4,7-12,14,17H,2,5-6,13,15H2,1H3,(H,26,27,28). The van der Waals surface area contributed by atoms with Crippen molar-refractivity contribution in [2.45, 2.75) is 32.1 Å². The third-order valence-corrected chi connectivity index (χ3v) is 5.30. The number of amides is 1. The first-order chi connectivity index (χ1) is 14.6. The number of carbonyl (C=O) groups excluding carboxylic acids is 1. The van der Waals surface area contributed by atoms with Crippen LogP contribution in [0.15, 0.2) is 54.9 Å². The summed E-state index contributed by atoms with van der Waals surface area (Å²) in [5, 5.41) is 3.08. The lowest BCUT2D eigenvalue weighted by atomic mass is 9.96. The van der Waals surface area contributed by atoms with Crippen LogP contribution in [0.4, 0.5) is 15.9 Å². The van der Waals surface area contributed by atoms with Gasteiger partial charge in [0.2, 0.25) is 5.91 Å². The number of aromatic nitrogens is 3. The van der Waals surface area contributed by atoms with Gasteiger partial charge in [-0.25, -0.2) is 14.4 Å². The van der Waals surface area contributed by atoms with E-state index in [0.717, 1.165) is 30.6 Å². The number of piperidine rings is 1. The Balaban J connectivity index is 1.70. The molecule has 1 N–H and O–H groups in total. The third kappa shape index (κ3) is 4.45. The van der Waals surface area contributed by atoms with Crippen LogP contribution in [0.5, 0.6) is 0 Å². The quantitative estimate of drug-likeness (QED) is 0.675. The van der Waals surface area contributed by atoms with E-state index in [9.17, 15) is 9.18 Å². The lowest BCUT2D eigenvalue weighted by molar-refractivity contribution is -0.132. The van der Waals surface area contributed by atoms with Crippen LogP contribution in [0.25, 0.3) is 11.3 Å². The number of carbonyl (C=O) groups is 1. The third-order valence-electron chi connectivity index (χ3n) is 5.30. The lowest BCUT2D eigenvalue weighted by Gasteiger charge is -2.32. The molecule has 30 heavy (non-hydrogen) atoms. The van der Waals surface area contributed by atoms with E-state index >= 15 is 0 Å². The Kier molecular flexibility index (Phi) is 5.97. The molecule has 1 amide bonds. The van der Waals surface area contributed by atoms with Gasteiger partial charge in [0.15, 0.2) is 0 Å². The van der Waals surface area contributed by atoms with E-state index in [-0.39, 0.29) is 17.6 Å². The highest BCUT2D eigenvalue weighted by Crippen LogP contribution is 2.29. The number of para-hydroxylation sites is 1. The highest BCUT2D eigenvalue weighted by molar-refractivity contribution is 5.76. The normalized spacial score (nSPS) is 16.3. The summed E-state index contributed by atoms with van der Waals surface area (Å²) in [5.74, 6) is 1.03. The van der Waals surface area contributed by atoms with E-state index in [1.807, 2.05) is 30.0 Å². The summed E-state index contributed by atoms with van der Waals surface area (Å²) >= 11 is 0. The average Bonchev–Trinajstić information content (AvgIpc) is 2.80. The van der Waals surface area contributed by atoms with Crippen molar-refractivity contribution in [3.8, 4) is 11.3 Å². The van der Waals surface area contributed by atoms with Crippen molar-refractivity contribution < 1.29 is 9.18 Å². The molecule has 4 rings (SSSR count). The first kappa shape index (κ1) is 19.9. The molecule has 1 aromatic carbocycles. The molecule has 0 radical (unpaired) electrons. The zero-order valence-corrected chi connectivity index (χ0v) is 16.9. The fourth-order valence-electron chi connectivity index (χ4n) is 3.72. The number of hydrogen-bond acceptors (Lipinski definition) is 5. The van der Waals surface area contributed by atoms with Gasteiger partial charge in [-0.05, 0) is 37.1 Å². The monoisotopic (exact) mass is 405 g/mol. The maximum atomic E-state index is 14.2. The molecule has 2 aromatic heterocycles. The van der Waals surface area contributed by atoms with E-state index in [4.69, 9.17) is 9.97 Å². The summed E-state index contributed by atoms with van der Waals surface area (Å²) in [7, 11) is 0. The Morgan fingerprint density at radius 3 is 2.77 bits per heavy atom. The van der Waals surface area contributed by atoms with Crippen LogP contribution >= 0.6 is 0 Å². The van der Waals surface area contributed by atoms with Gasteiger partial charge in [-0.1, -0.05) is 19.1 Å². The molecule has 0 spiro atoms. The first-order valence-corrected chi connectivity index (χ1v) is 10.2. The Morgan fingerprint density at radius 1 is 1.20 bits per heavy atom. The molecule has 154 valence electrons. The van der Waals surface area contributed by atoms with Gasteiger partial charge < -0.3 is 10.2 Å². The molecule has 3 aromatic rings. The second kappa shape index (κ2) is 8.98. The highest BCUT2D eigenvalue weighted by Gasteiger charge is 2.26. The van der Waals surface area contributed by atoms with E-state index in [1.54, 1.807) is 30.6 Å². The molecule has 0 aliphatic carbocycles. The van der Waals surface area contributed by atoms with Crippen molar-refractivity contribution in [2.24, 2.45) is 0 Å².